The van der Waals surface area contributed by atoms with Crippen molar-refractivity contribution in [3.8, 4) is 5.69 Å². The maximum Gasteiger partial charge on any atom is 0.293 e. The summed E-state index contributed by atoms with van der Waals surface area (Å²) in [4.78, 5) is 17.4. The van der Waals surface area contributed by atoms with E-state index >= 15 is 0 Å². The molecule has 6 heteroatoms. The van der Waals surface area contributed by atoms with Gasteiger partial charge in [-0.3, -0.25) is 4.79 Å². The van der Waals surface area contributed by atoms with Crippen LogP contribution < -0.4 is 0 Å². The minimum atomic E-state index is -0.412. The zero-order chi connectivity index (χ0) is 12.5. The van der Waals surface area contributed by atoms with E-state index in [1.165, 1.54) is 11.2 Å². The molecule has 1 aliphatic rings. The van der Waals surface area contributed by atoms with Crippen molar-refractivity contribution in [3.05, 3.63) is 42.5 Å². The fourth-order valence-electron chi connectivity index (χ4n) is 1.83. The van der Waals surface area contributed by atoms with Gasteiger partial charge < -0.3 is 10.0 Å². The van der Waals surface area contributed by atoms with Gasteiger partial charge in [0.1, 0.15) is 6.33 Å². The van der Waals surface area contributed by atoms with E-state index < -0.39 is 6.10 Å². The minimum Gasteiger partial charge on any atom is -0.389 e. The topological polar surface area (TPSA) is 71.2 Å². The molecule has 6 nitrogen and oxygen atoms in total. The first-order valence-corrected chi connectivity index (χ1v) is 5.68. The molecule has 0 radical (unpaired) electrons. The molecule has 1 saturated heterocycles. The van der Waals surface area contributed by atoms with Crippen LogP contribution in [0.1, 0.15) is 10.6 Å². The number of amides is 1. The Bertz CT molecular complexity index is 560. The first-order valence-electron chi connectivity index (χ1n) is 5.68. The fourth-order valence-corrected chi connectivity index (χ4v) is 1.83. The number of aromatic nitrogens is 3. The molecule has 0 unspecified atom stereocenters. The smallest absolute Gasteiger partial charge is 0.293 e. The molecule has 1 N–H and O–H groups in total. The molecule has 1 fully saturated rings. The Labute approximate surface area is 103 Å². The third kappa shape index (κ3) is 1.86. The number of carbonyl (C=O) groups is 1. The lowest BCUT2D eigenvalue weighted by Gasteiger charge is -2.34. The highest BCUT2D eigenvalue weighted by Gasteiger charge is 2.31. The Morgan fingerprint density at radius 3 is 2.67 bits per heavy atom. The van der Waals surface area contributed by atoms with Gasteiger partial charge in [-0.05, 0) is 12.1 Å². The summed E-state index contributed by atoms with van der Waals surface area (Å²) < 4.78 is 1.56. The number of β-amino-alcohol motifs (C(OH)–C–C–N with tert-alkyl or cyclic N) is 1. The number of likely N-dealkylation sites (tertiary alicyclic amines) is 1. The van der Waals surface area contributed by atoms with E-state index in [9.17, 15) is 4.79 Å². The van der Waals surface area contributed by atoms with Crippen LogP contribution in [0.3, 0.4) is 0 Å². The molecular weight excluding hydrogens is 232 g/mol. The third-order valence-corrected chi connectivity index (χ3v) is 2.85. The molecule has 1 aromatic carbocycles. The van der Waals surface area contributed by atoms with E-state index in [1.807, 2.05) is 30.3 Å². The Kier molecular flexibility index (Phi) is 2.56. The monoisotopic (exact) mass is 244 g/mol. The van der Waals surface area contributed by atoms with Gasteiger partial charge in [0.2, 0.25) is 5.82 Å². The number of carbonyl (C=O) groups excluding carboxylic acids is 1. The summed E-state index contributed by atoms with van der Waals surface area (Å²) in [7, 11) is 0. The lowest BCUT2D eigenvalue weighted by Crippen LogP contribution is -2.53. The van der Waals surface area contributed by atoms with Crippen LogP contribution >= 0.6 is 0 Å². The lowest BCUT2D eigenvalue weighted by molar-refractivity contribution is 0.00509. The van der Waals surface area contributed by atoms with Crippen molar-refractivity contribution in [2.24, 2.45) is 0 Å². The van der Waals surface area contributed by atoms with E-state index in [1.54, 1.807) is 4.68 Å². The average molecular weight is 244 g/mol. The maximum absolute atomic E-state index is 11.9. The van der Waals surface area contributed by atoms with Crippen molar-refractivity contribution >= 4 is 5.91 Å². The molecule has 92 valence electrons. The van der Waals surface area contributed by atoms with Crippen LogP contribution in [0.2, 0.25) is 0 Å². The summed E-state index contributed by atoms with van der Waals surface area (Å²) >= 11 is 0. The summed E-state index contributed by atoms with van der Waals surface area (Å²) in [5.41, 5.74) is 0.854. The Morgan fingerprint density at radius 2 is 2.00 bits per heavy atom. The Morgan fingerprint density at radius 1 is 1.28 bits per heavy atom. The summed E-state index contributed by atoms with van der Waals surface area (Å²) in [5, 5.41) is 13.3. The molecule has 2 heterocycles. The molecule has 2 aromatic rings. The predicted molar refractivity (Wildman–Crippen MR) is 63.3 cm³/mol. The van der Waals surface area contributed by atoms with Crippen LogP contribution in [0.25, 0.3) is 5.69 Å². The first kappa shape index (κ1) is 10.9. The van der Waals surface area contributed by atoms with Crippen LogP contribution in [-0.2, 0) is 0 Å². The van der Waals surface area contributed by atoms with Crippen molar-refractivity contribution in [1.82, 2.24) is 19.7 Å². The van der Waals surface area contributed by atoms with Gasteiger partial charge in [-0.25, -0.2) is 9.67 Å². The predicted octanol–water partition coefficient (Wildman–Crippen LogP) is 0.0840. The zero-order valence-electron chi connectivity index (χ0n) is 9.60. The molecule has 18 heavy (non-hydrogen) atoms. The third-order valence-electron chi connectivity index (χ3n) is 2.85. The van der Waals surface area contributed by atoms with Gasteiger partial charge in [0.25, 0.3) is 5.91 Å². The first-order chi connectivity index (χ1) is 8.74. The average Bonchev–Trinajstić information content (AvgIpc) is 2.85. The van der Waals surface area contributed by atoms with Crippen molar-refractivity contribution in [2.75, 3.05) is 13.1 Å². The number of aliphatic hydroxyl groups is 1. The SMILES string of the molecule is O=C(c1ncn(-c2ccccc2)n1)N1CC(O)C1. The van der Waals surface area contributed by atoms with Crippen molar-refractivity contribution in [1.29, 1.82) is 0 Å². The van der Waals surface area contributed by atoms with Gasteiger partial charge in [0.05, 0.1) is 11.8 Å². The summed E-state index contributed by atoms with van der Waals surface area (Å²) in [6, 6.07) is 9.47. The van der Waals surface area contributed by atoms with E-state index in [0.29, 0.717) is 13.1 Å². The number of rotatable bonds is 2. The number of aliphatic hydroxyl groups excluding tert-OH is 1. The van der Waals surface area contributed by atoms with Gasteiger partial charge in [-0.1, -0.05) is 18.2 Å². The standard InChI is InChI=1S/C12H12N4O2/c17-10-6-15(7-10)12(18)11-13-8-16(14-11)9-4-2-1-3-5-9/h1-5,8,10,17H,6-7H2. The van der Waals surface area contributed by atoms with E-state index in [4.69, 9.17) is 5.11 Å². The largest absolute Gasteiger partial charge is 0.389 e. The number of para-hydroxylation sites is 1. The van der Waals surface area contributed by atoms with Crippen molar-refractivity contribution in [3.63, 3.8) is 0 Å². The molecule has 1 amide bonds. The van der Waals surface area contributed by atoms with Crippen LogP contribution in [-0.4, -0.2) is 49.9 Å². The second-order valence-corrected chi connectivity index (χ2v) is 4.21. The number of benzene rings is 1. The van der Waals surface area contributed by atoms with Gasteiger partial charge in [-0.15, -0.1) is 5.10 Å². The van der Waals surface area contributed by atoms with Crippen LogP contribution in [0.4, 0.5) is 0 Å². The van der Waals surface area contributed by atoms with Crippen molar-refractivity contribution in [2.45, 2.75) is 6.10 Å². The van der Waals surface area contributed by atoms with Gasteiger partial charge in [0, 0.05) is 13.1 Å². The quantitative estimate of drug-likeness (QED) is 0.812. The van der Waals surface area contributed by atoms with Crippen molar-refractivity contribution < 1.29 is 9.90 Å². The number of hydrogen-bond acceptors (Lipinski definition) is 4. The van der Waals surface area contributed by atoms with E-state index in [-0.39, 0.29) is 11.7 Å². The molecule has 1 aromatic heterocycles. The van der Waals surface area contributed by atoms with E-state index in [0.717, 1.165) is 5.69 Å². The Hall–Kier alpha value is -2.21. The molecule has 0 aliphatic carbocycles. The summed E-state index contributed by atoms with van der Waals surface area (Å²) in [6.07, 6.45) is 1.10. The highest BCUT2D eigenvalue weighted by atomic mass is 16.3. The van der Waals surface area contributed by atoms with E-state index in [2.05, 4.69) is 10.1 Å². The zero-order valence-corrected chi connectivity index (χ0v) is 9.60. The summed E-state index contributed by atoms with van der Waals surface area (Å²) in [6.45, 7) is 0.720. The molecule has 3 rings (SSSR count). The summed E-state index contributed by atoms with van der Waals surface area (Å²) in [5.74, 6) is -0.0827. The lowest BCUT2D eigenvalue weighted by atomic mass is 10.2. The second kappa shape index (κ2) is 4.23. The van der Waals surface area contributed by atoms with Gasteiger partial charge in [0.15, 0.2) is 0 Å². The molecule has 1 aliphatic heterocycles. The number of nitrogens with zero attached hydrogens (tertiary/aromatic N) is 4. The molecule has 0 bridgehead atoms. The maximum atomic E-state index is 11.9. The molecular formula is C12H12N4O2. The molecule has 0 atom stereocenters. The van der Waals surface area contributed by atoms with Gasteiger partial charge >= 0.3 is 0 Å². The highest BCUT2D eigenvalue weighted by molar-refractivity contribution is 5.91. The van der Waals surface area contributed by atoms with Crippen LogP contribution in [0.15, 0.2) is 36.7 Å². The van der Waals surface area contributed by atoms with Gasteiger partial charge in [-0.2, -0.15) is 0 Å². The highest BCUT2D eigenvalue weighted by Crippen LogP contribution is 2.11. The van der Waals surface area contributed by atoms with Crippen LogP contribution in [0, 0.1) is 0 Å². The number of hydrogen-bond donors (Lipinski definition) is 1. The molecule has 0 saturated carbocycles. The minimum absolute atomic E-state index is 0.158. The Balaban J connectivity index is 1.80. The molecule has 0 spiro atoms. The normalized spacial score (nSPS) is 15.5. The second-order valence-electron chi connectivity index (χ2n) is 4.21. The fraction of sp³-hybridized carbons (Fsp3) is 0.250. The van der Waals surface area contributed by atoms with Crippen LogP contribution in [0.5, 0.6) is 0 Å².